The Morgan fingerprint density at radius 3 is 2.62 bits per heavy atom. The minimum atomic E-state index is -0.459. The molecule has 0 unspecified atom stereocenters. The van der Waals surface area contributed by atoms with E-state index in [1.807, 2.05) is 0 Å². The van der Waals surface area contributed by atoms with E-state index in [9.17, 15) is 9.59 Å². The highest BCUT2D eigenvalue weighted by Crippen LogP contribution is 2.13. The van der Waals surface area contributed by atoms with Gasteiger partial charge in [-0.25, -0.2) is 9.78 Å². The molecule has 0 saturated heterocycles. The number of aromatic nitrogens is 1. The standard InChI is InChI=1S/C17H19N3O4/c1-23-9-8-18-15-7-6-13(11-19-15)16(21)20-14-5-3-4-12(10-14)17(22)24-2/h3-7,10-11H,8-9H2,1-2H3,(H,18,19)(H,20,21). The van der Waals surface area contributed by atoms with Gasteiger partial charge >= 0.3 is 5.97 Å². The fourth-order valence-electron chi connectivity index (χ4n) is 1.96. The highest BCUT2D eigenvalue weighted by molar-refractivity contribution is 6.04. The van der Waals surface area contributed by atoms with Gasteiger partial charge in [-0.1, -0.05) is 6.07 Å². The summed E-state index contributed by atoms with van der Waals surface area (Å²) in [5, 5.41) is 5.79. The Morgan fingerprint density at radius 2 is 1.96 bits per heavy atom. The van der Waals surface area contributed by atoms with Gasteiger partial charge in [0.1, 0.15) is 5.82 Å². The van der Waals surface area contributed by atoms with E-state index < -0.39 is 5.97 Å². The molecule has 0 bridgehead atoms. The van der Waals surface area contributed by atoms with Gasteiger partial charge in [-0.2, -0.15) is 0 Å². The molecule has 0 atom stereocenters. The zero-order valence-corrected chi connectivity index (χ0v) is 13.5. The molecule has 2 rings (SSSR count). The van der Waals surface area contributed by atoms with Crippen LogP contribution in [-0.4, -0.2) is 44.2 Å². The normalized spacial score (nSPS) is 10.1. The summed E-state index contributed by atoms with van der Waals surface area (Å²) in [4.78, 5) is 27.9. The number of nitrogens with zero attached hydrogens (tertiary/aromatic N) is 1. The topological polar surface area (TPSA) is 89.6 Å². The van der Waals surface area contributed by atoms with Crippen LogP contribution in [0, 0.1) is 0 Å². The Kier molecular flexibility index (Phi) is 6.27. The van der Waals surface area contributed by atoms with Gasteiger partial charge in [-0.3, -0.25) is 4.79 Å². The highest BCUT2D eigenvalue weighted by Gasteiger charge is 2.09. The number of esters is 1. The predicted octanol–water partition coefficient (Wildman–Crippen LogP) is 2.18. The quantitative estimate of drug-likeness (QED) is 0.598. The number of nitrogens with one attached hydrogen (secondary N) is 2. The summed E-state index contributed by atoms with van der Waals surface area (Å²) >= 11 is 0. The van der Waals surface area contributed by atoms with E-state index in [2.05, 4.69) is 20.4 Å². The van der Waals surface area contributed by atoms with Gasteiger partial charge in [0.25, 0.3) is 5.91 Å². The molecule has 0 aliphatic carbocycles. The van der Waals surface area contributed by atoms with Crippen molar-refractivity contribution in [1.82, 2.24) is 4.98 Å². The second-order valence-corrected chi connectivity index (χ2v) is 4.88. The monoisotopic (exact) mass is 329 g/mol. The van der Waals surface area contributed by atoms with Crippen LogP contribution in [0.3, 0.4) is 0 Å². The first-order valence-electron chi connectivity index (χ1n) is 7.32. The summed E-state index contributed by atoms with van der Waals surface area (Å²) < 4.78 is 9.60. The number of ether oxygens (including phenoxy) is 2. The van der Waals surface area contributed by atoms with Crippen LogP contribution in [0.4, 0.5) is 11.5 Å². The van der Waals surface area contributed by atoms with Gasteiger partial charge < -0.3 is 20.1 Å². The second kappa shape index (κ2) is 8.64. The van der Waals surface area contributed by atoms with E-state index in [-0.39, 0.29) is 5.91 Å². The number of carbonyl (C=O) groups is 2. The van der Waals surface area contributed by atoms with Gasteiger partial charge in [-0.15, -0.1) is 0 Å². The van der Waals surface area contributed by atoms with E-state index in [0.29, 0.717) is 35.8 Å². The van der Waals surface area contributed by atoms with Gasteiger partial charge in [0.15, 0.2) is 0 Å². The van der Waals surface area contributed by atoms with E-state index in [1.54, 1.807) is 43.5 Å². The molecule has 1 aromatic heterocycles. The number of methoxy groups -OCH3 is 2. The van der Waals surface area contributed by atoms with Crippen molar-refractivity contribution in [2.24, 2.45) is 0 Å². The highest BCUT2D eigenvalue weighted by atomic mass is 16.5. The number of pyridine rings is 1. The third-order valence-electron chi connectivity index (χ3n) is 3.18. The van der Waals surface area contributed by atoms with Crippen molar-refractivity contribution in [2.45, 2.75) is 0 Å². The van der Waals surface area contributed by atoms with E-state index in [0.717, 1.165) is 0 Å². The van der Waals surface area contributed by atoms with E-state index >= 15 is 0 Å². The molecule has 0 radical (unpaired) electrons. The number of carbonyl (C=O) groups excluding carboxylic acids is 2. The number of hydrogen-bond donors (Lipinski definition) is 2. The fourth-order valence-corrected chi connectivity index (χ4v) is 1.96. The van der Waals surface area contributed by atoms with Gasteiger partial charge in [0.05, 0.1) is 24.8 Å². The summed E-state index contributed by atoms with van der Waals surface area (Å²) in [6, 6.07) is 9.92. The molecule has 0 aliphatic rings. The first-order valence-corrected chi connectivity index (χ1v) is 7.32. The van der Waals surface area contributed by atoms with Crippen LogP contribution in [0.15, 0.2) is 42.6 Å². The van der Waals surface area contributed by atoms with Crippen molar-refractivity contribution in [3.8, 4) is 0 Å². The van der Waals surface area contributed by atoms with Crippen molar-refractivity contribution in [3.05, 3.63) is 53.7 Å². The zero-order chi connectivity index (χ0) is 17.4. The van der Waals surface area contributed by atoms with Crippen LogP contribution >= 0.6 is 0 Å². The van der Waals surface area contributed by atoms with Gasteiger partial charge in [0.2, 0.25) is 0 Å². The Bertz CT molecular complexity index is 701. The lowest BCUT2D eigenvalue weighted by Gasteiger charge is -2.08. The number of rotatable bonds is 7. The van der Waals surface area contributed by atoms with Crippen molar-refractivity contribution in [2.75, 3.05) is 38.0 Å². The average Bonchev–Trinajstić information content (AvgIpc) is 2.62. The first-order chi connectivity index (χ1) is 11.6. The summed E-state index contributed by atoms with van der Waals surface area (Å²) in [5.74, 6) is -0.108. The number of amides is 1. The van der Waals surface area contributed by atoms with Crippen LogP contribution in [0.25, 0.3) is 0 Å². The summed E-state index contributed by atoms with van der Waals surface area (Å²) in [6.45, 7) is 1.20. The van der Waals surface area contributed by atoms with Crippen molar-refractivity contribution in [1.29, 1.82) is 0 Å². The molecule has 24 heavy (non-hydrogen) atoms. The molecule has 0 aliphatic heterocycles. The van der Waals surface area contributed by atoms with Crippen LogP contribution in [0.5, 0.6) is 0 Å². The minimum Gasteiger partial charge on any atom is -0.465 e. The predicted molar refractivity (Wildman–Crippen MR) is 90.3 cm³/mol. The van der Waals surface area contributed by atoms with Crippen molar-refractivity contribution >= 4 is 23.4 Å². The minimum absolute atomic E-state index is 0.312. The van der Waals surface area contributed by atoms with Gasteiger partial charge in [-0.05, 0) is 30.3 Å². The number of anilines is 2. The van der Waals surface area contributed by atoms with E-state index in [1.165, 1.54) is 13.3 Å². The molecule has 0 fully saturated rings. The molecular formula is C17H19N3O4. The Morgan fingerprint density at radius 1 is 1.12 bits per heavy atom. The molecule has 7 nitrogen and oxygen atoms in total. The molecule has 2 aromatic rings. The molecule has 1 heterocycles. The lowest BCUT2D eigenvalue weighted by atomic mass is 10.2. The molecule has 0 spiro atoms. The molecule has 126 valence electrons. The molecule has 0 saturated carbocycles. The Hall–Kier alpha value is -2.93. The van der Waals surface area contributed by atoms with Crippen LogP contribution in [-0.2, 0) is 9.47 Å². The molecule has 7 heteroatoms. The number of hydrogen-bond acceptors (Lipinski definition) is 6. The lowest BCUT2D eigenvalue weighted by Crippen LogP contribution is -2.14. The summed E-state index contributed by atoms with van der Waals surface area (Å²) in [7, 11) is 2.93. The summed E-state index contributed by atoms with van der Waals surface area (Å²) in [6.07, 6.45) is 1.48. The first kappa shape index (κ1) is 17.4. The van der Waals surface area contributed by atoms with Crippen LogP contribution < -0.4 is 10.6 Å². The van der Waals surface area contributed by atoms with Crippen LogP contribution in [0.2, 0.25) is 0 Å². The molecular weight excluding hydrogens is 310 g/mol. The maximum Gasteiger partial charge on any atom is 0.337 e. The SMILES string of the molecule is COCCNc1ccc(C(=O)Nc2cccc(C(=O)OC)c2)cn1. The smallest absolute Gasteiger partial charge is 0.337 e. The van der Waals surface area contributed by atoms with Gasteiger partial charge in [0, 0.05) is 25.5 Å². The Labute approximate surface area is 140 Å². The largest absolute Gasteiger partial charge is 0.465 e. The molecule has 1 aromatic carbocycles. The van der Waals surface area contributed by atoms with Crippen LogP contribution in [0.1, 0.15) is 20.7 Å². The van der Waals surface area contributed by atoms with Crippen molar-refractivity contribution < 1.29 is 19.1 Å². The second-order valence-electron chi connectivity index (χ2n) is 4.88. The fraction of sp³-hybridized carbons (Fsp3) is 0.235. The third kappa shape index (κ3) is 4.79. The lowest BCUT2D eigenvalue weighted by molar-refractivity contribution is 0.0600. The number of benzene rings is 1. The summed E-state index contributed by atoms with van der Waals surface area (Å²) in [5.41, 5.74) is 1.28. The third-order valence-corrected chi connectivity index (χ3v) is 3.18. The molecule has 2 N–H and O–H groups in total. The van der Waals surface area contributed by atoms with Crippen molar-refractivity contribution in [3.63, 3.8) is 0 Å². The molecule has 1 amide bonds. The average molecular weight is 329 g/mol. The maximum atomic E-state index is 12.2. The Balaban J connectivity index is 2.00. The maximum absolute atomic E-state index is 12.2. The van der Waals surface area contributed by atoms with E-state index in [4.69, 9.17) is 4.74 Å². The zero-order valence-electron chi connectivity index (χ0n) is 13.5.